The van der Waals surface area contributed by atoms with Crippen LogP contribution in [0.1, 0.15) is 39.9 Å². The van der Waals surface area contributed by atoms with Gasteiger partial charge in [-0.3, -0.25) is 4.79 Å². The van der Waals surface area contributed by atoms with E-state index in [9.17, 15) is 14.7 Å². The van der Waals surface area contributed by atoms with Gasteiger partial charge in [0.15, 0.2) is 0 Å². The van der Waals surface area contributed by atoms with Gasteiger partial charge in [0.05, 0.1) is 24.7 Å². The van der Waals surface area contributed by atoms with Crippen LogP contribution < -0.4 is 14.8 Å². The highest BCUT2D eigenvalue weighted by molar-refractivity contribution is 6.02. The summed E-state index contributed by atoms with van der Waals surface area (Å²) in [5.41, 5.74) is 4.97. The average Bonchev–Trinajstić information content (AvgIpc) is 3.50. The molecule has 1 aliphatic carbocycles. The minimum absolute atomic E-state index is 0.0255. The van der Waals surface area contributed by atoms with Crippen LogP contribution in [-0.4, -0.2) is 30.7 Å². The van der Waals surface area contributed by atoms with E-state index in [-0.39, 0.29) is 11.5 Å². The molecule has 33 heavy (non-hydrogen) atoms. The number of benzene rings is 3. The lowest BCUT2D eigenvalue weighted by Crippen LogP contribution is -2.27. The molecule has 0 atom stereocenters. The fourth-order valence-corrected chi connectivity index (χ4v) is 4.55. The lowest BCUT2D eigenvalue weighted by atomic mass is 9.92. The number of hydrogen-bond donors (Lipinski definition) is 2. The summed E-state index contributed by atoms with van der Waals surface area (Å²) in [5, 5.41) is 12.5. The van der Waals surface area contributed by atoms with Gasteiger partial charge >= 0.3 is 5.97 Å². The molecule has 1 aliphatic heterocycles. The Bertz CT molecular complexity index is 1280. The molecule has 1 saturated carbocycles. The third-order valence-electron chi connectivity index (χ3n) is 6.66. The van der Waals surface area contributed by atoms with Crippen molar-refractivity contribution in [1.29, 1.82) is 0 Å². The minimum Gasteiger partial charge on any atom is -0.496 e. The molecule has 0 aromatic heterocycles. The molecule has 0 bridgehead atoms. The van der Waals surface area contributed by atoms with Crippen LogP contribution in [-0.2, 0) is 16.6 Å². The molecule has 2 N–H and O–H groups in total. The summed E-state index contributed by atoms with van der Waals surface area (Å²) >= 11 is 0. The van der Waals surface area contributed by atoms with Crippen LogP contribution in [0.15, 0.2) is 54.6 Å². The van der Waals surface area contributed by atoms with Crippen LogP contribution in [0, 0.1) is 6.92 Å². The second-order valence-corrected chi connectivity index (χ2v) is 8.71. The van der Waals surface area contributed by atoms with Crippen molar-refractivity contribution in [2.45, 2.75) is 31.6 Å². The van der Waals surface area contributed by atoms with Crippen molar-refractivity contribution in [3.8, 4) is 22.6 Å². The Morgan fingerprint density at radius 1 is 1.03 bits per heavy atom. The Morgan fingerprint density at radius 2 is 1.85 bits per heavy atom. The lowest BCUT2D eigenvalue weighted by Gasteiger charge is -2.18. The van der Waals surface area contributed by atoms with Crippen molar-refractivity contribution in [1.82, 2.24) is 0 Å². The van der Waals surface area contributed by atoms with E-state index in [1.807, 2.05) is 37.3 Å². The van der Waals surface area contributed by atoms with Gasteiger partial charge in [-0.15, -0.1) is 0 Å². The van der Waals surface area contributed by atoms with E-state index in [0.717, 1.165) is 47.3 Å². The van der Waals surface area contributed by atoms with Crippen molar-refractivity contribution in [2.75, 3.05) is 19.0 Å². The van der Waals surface area contributed by atoms with Crippen LogP contribution in [0.25, 0.3) is 11.1 Å². The molecule has 0 radical (unpaired) electrons. The summed E-state index contributed by atoms with van der Waals surface area (Å²) in [6.07, 6.45) is 2.50. The molecule has 3 aromatic carbocycles. The lowest BCUT2D eigenvalue weighted by molar-refractivity contribution is -0.118. The van der Waals surface area contributed by atoms with E-state index < -0.39 is 11.4 Å². The standard InChI is InChI=1S/C27H25NO5/c1-16-3-6-20(15-21(16)22-14-18(25(29)30)4-7-24(22)32-2)28-26(31)27(10-11-27)19-5-8-23-17(13-19)9-12-33-23/h3-8,13-15H,9-12H2,1-2H3,(H,28,31)(H,29,30). The van der Waals surface area contributed by atoms with Gasteiger partial charge in [0.25, 0.3) is 0 Å². The quantitative estimate of drug-likeness (QED) is 0.562. The third-order valence-corrected chi connectivity index (χ3v) is 6.66. The Hall–Kier alpha value is -3.80. The molecular weight excluding hydrogens is 418 g/mol. The topological polar surface area (TPSA) is 84.9 Å². The van der Waals surface area contributed by atoms with Crippen LogP contribution >= 0.6 is 0 Å². The molecule has 0 unspecified atom stereocenters. The minimum atomic E-state index is -1.00. The summed E-state index contributed by atoms with van der Waals surface area (Å²) in [7, 11) is 1.55. The highest BCUT2D eigenvalue weighted by atomic mass is 16.5. The van der Waals surface area contributed by atoms with E-state index in [4.69, 9.17) is 9.47 Å². The molecule has 6 nitrogen and oxygen atoms in total. The second-order valence-electron chi connectivity index (χ2n) is 8.71. The van der Waals surface area contributed by atoms with Crippen molar-refractivity contribution in [3.05, 3.63) is 76.9 Å². The van der Waals surface area contributed by atoms with Crippen molar-refractivity contribution >= 4 is 17.6 Å². The number of hydrogen-bond acceptors (Lipinski definition) is 4. The third kappa shape index (κ3) is 3.71. The Morgan fingerprint density at radius 3 is 2.58 bits per heavy atom. The first-order valence-corrected chi connectivity index (χ1v) is 11.0. The Kier molecular flexibility index (Phi) is 5.08. The maximum Gasteiger partial charge on any atom is 0.335 e. The monoisotopic (exact) mass is 443 g/mol. The maximum absolute atomic E-state index is 13.4. The molecule has 6 heteroatoms. The normalized spacial score (nSPS) is 15.3. The van der Waals surface area contributed by atoms with Crippen LogP contribution in [0.4, 0.5) is 5.69 Å². The molecule has 5 rings (SSSR count). The predicted molar refractivity (Wildman–Crippen MR) is 125 cm³/mol. The first-order chi connectivity index (χ1) is 15.9. The van der Waals surface area contributed by atoms with Crippen LogP contribution in [0.3, 0.4) is 0 Å². The van der Waals surface area contributed by atoms with Crippen molar-refractivity contribution in [2.24, 2.45) is 0 Å². The van der Waals surface area contributed by atoms with Gasteiger partial charge in [-0.2, -0.15) is 0 Å². The number of anilines is 1. The summed E-state index contributed by atoms with van der Waals surface area (Å²) in [6, 6.07) is 16.5. The van der Waals surface area contributed by atoms with E-state index >= 15 is 0 Å². The molecule has 3 aromatic rings. The maximum atomic E-state index is 13.4. The van der Waals surface area contributed by atoms with Gasteiger partial charge in [0.1, 0.15) is 11.5 Å². The zero-order chi connectivity index (χ0) is 23.2. The van der Waals surface area contributed by atoms with E-state index in [2.05, 4.69) is 11.4 Å². The van der Waals surface area contributed by atoms with Crippen molar-refractivity contribution < 1.29 is 24.2 Å². The number of ether oxygens (including phenoxy) is 2. The SMILES string of the molecule is COc1ccc(C(=O)O)cc1-c1cc(NC(=O)C2(c3ccc4c(c3)CCO4)CC2)ccc1C. The molecule has 1 heterocycles. The number of aryl methyl sites for hydroxylation is 1. The predicted octanol–water partition coefficient (Wildman–Crippen LogP) is 4.97. The van der Waals surface area contributed by atoms with E-state index in [1.54, 1.807) is 19.2 Å². The molecular formula is C27H25NO5. The first kappa shape index (κ1) is 21.1. The highest BCUT2D eigenvalue weighted by Crippen LogP contribution is 2.50. The van der Waals surface area contributed by atoms with Gasteiger partial charge in [-0.05, 0) is 78.4 Å². The van der Waals surface area contributed by atoms with Crippen molar-refractivity contribution in [3.63, 3.8) is 0 Å². The number of nitrogens with one attached hydrogen (secondary N) is 1. The number of amides is 1. The van der Waals surface area contributed by atoms with Crippen LogP contribution in [0.2, 0.25) is 0 Å². The van der Waals surface area contributed by atoms with Gasteiger partial charge < -0.3 is 19.9 Å². The van der Waals surface area contributed by atoms with Crippen LogP contribution in [0.5, 0.6) is 11.5 Å². The smallest absolute Gasteiger partial charge is 0.335 e. The number of carboxylic acid groups (broad SMARTS) is 1. The van der Waals surface area contributed by atoms with Gasteiger partial charge in [-0.1, -0.05) is 18.2 Å². The number of carboxylic acids is 1. The largest absolute Gasteiger partial charge is 0.496 e. The zero-order valence-corrected chi connectivity index (χ0v) is 18.6. The Balaban J connectivity index is 1.45. The highest BCUT2D eigenvalue weighted by Gasteiger charge is 2.51. The Labute approximate surface area is 192 Å². The average molecular weight is 443 g/mol. The molecule has 1 amide bonds. The summed E-state index contributed by atoms with van der Waals surface area (Å²) in [4.78, 5) is 24.9. The first-order valence-electron chi connectivity index (χ1n) is 11.0. The molecule has 0 saturated heterocycles. The summed E-state index contributed by atoms with van der Waals surface area (Å²) in [6.45, 7) is 2.64. The number of carbonyl (C=O) groups is 2. The van der Waals surface area contributed by atoms with Gasteiger partial charge in [0.2, 0.25) is 5.91 Å². The molecule has 2 aliphatic rings. The van der Waals surface area contributed by atoms with Gasteiger partial charge in [-0.25, -0.2) is 4.79 Å². The number of aromatic carboxylic acids is 1. The fraction of sp³-hybridized carbons (Fsp3) is 0.259. The number of fused-ring (bicyclic) bond motifs is 1. The van der Waals surface area contributed by atoms with E-state index in [0.29, 0.717) is 23.6 Å². The number of rotatable bonds is 6. The molecule has 0 spiro atoms. The molecule has 168 valence electrons. The van der Waals surface area contributed by atoms with E-state index in [1.165, 1.54) is 6.07 Å². The number of methoxy groups -OCH3 is 1. The zero-order valence-electron chi connectivity index (χ0n) is 18.6. The summed E-state index contributed by atoms with van der Waals surface area (Å²) < 4.78 is 11.1. The fourth-order valence-electron chi connectivity index (χ4n) is 4.55. The number of carbonyl (C=O) groups excluding carboxylic acids is 1. The summed E-state index contributed by atoms with van der Waals surface area (Å²) in [5.74, 6) is 0.458. The second kappa shape index (κ2) is 7.96. The van der Waals surface area contributed by atoms with Gasteiger partial charge in [0, 0.05) is 17.7 Å². The molecule has 1 fully saturated rings.